The second-order valence-corrected chi connectivity index (χ2v) is 16.5. The third-order valence-corrected chi connectivity index (χ3v) is 13.0. The fourth-order valence-corrected chi connectivity index (χ4v) is 9.50. The van der Waals surface area contributed by atoms with E-state index in [4.69, 9.17) is 0 Å². The standard InChI is InChI=1S/C30H39N3O5S2/c1-39(35,36)26-9-7-23(8-10-26)19-32-18-15-30(29(32)34)13-16-31(17-14-30)20-25-21-33(40(37,38)27-11-12-27)22-28(25)24-5-3-2-4-6-24/h2-10,25,27-28H,11-22H2,1H3. The summed E-state index contributed by atoms with van der Waals surface area (Å²) in [6, 6.07) is 17.1. The summed E-state index contributed by atoms with van der Waals surface area (Å²) >= 11 is 0. The molecule has 3 aliphatic heterocycles. The van der Waals surface area contributed by atoms with E-state index >= 15 is 0 Å². The van der Waals surface area contributed by atoms with E-state index in [0.717, 1.165) is 63.8 Å². The van der Waals surface area contributed by atoms with Crippen LogP contribution in [-0.4, -0.2) is 87.6 Å². The van der Waals surface area contributed by atoms with Crippen LogP contribution in [0.4, 0.5) is 0 Å². The smallest absolute Gasteiger partial charge is 0.229 e. The Morgan fingerprint density at radius 1 is 0.850 bits per heavy atom. The van der Waals surface area contributed by atoms with E-state index < -0.39 is 19.9 Å². The van der Waals surface area contributed by atoms with Crippen LogP contribution < -0.4 is 0 Å². The van der Waals surface area contributed by atoms with Gasteiger partial charge in [-0.1, -0.05) is 42.5 Å². The van der Waals surface area contributed by atoms with E-state index in [0.29, 0.717) is 19.6 Å². The number of hydrogen-bond donors (Lipinski definition) is 0. The number of likely N-dealkylation sites (tertiary alicyclic amines) is 2. The van der Waals surface area contributed by atoms with Gasteiger partial charge in [0.1, 0.15) is 0 Å². The number of benzene rings is 2. The first-order valence-corrected chi connectivity index (χ1v) is 17.8. The van der Waals surface area contributed by atoms with Crippen molar-refractivity contribution in [3.63, 3.8) is 0 Å². The zero-order chi connectivity index (χ0) is 28.1. The van der Waals surface area contributed by atoms with Crippen molar-refractivity contribution < 1.29 is 21.6 Å². The van der Waals surface area contributed by atoms with Crippen molar-refractivity contribution in [3.8, 4) is 0 Å². The zero-order valence-corrected chi connectivity index (χ0v) is 24.7. The lowest BCUT2D eigenvalue weighted by Crippen LogP contribution is -2.46. The van der Waals surface area contributed by atoms with Crippen molar-refractivity contribution in [2.45, 2.75) is 54.7 Å². The van der Waals surface area contributed by atoms with Crippen LogP contribution in [0.3, 0.4) is 0 Å². The fourth-order valence-electron chi connectivity index (χ4n) is 6.94. The van der Waals surface area contributed by atoms with E-state index in [1.807, 2.05) is 23.1 Å². The van der Waals surface area contributed by atoms with Gasteiger partial charge in [-0.25, -0.2) is 21.1 Å². The molecular weight excluding hydrogens is 546 g/mol. The lowest BCUT2D eigenvalue weighted by molar-refractivity contribution is -0.139. The molecule has 4 aliphatic rings. The van der Waals surface area contributed by atoms with Gasteiger partial charge in [0, 0.05) is 44.9 Å². The van der Waals surface area contributed by atoms with Crippen molar-refractivity contribution >= 4 is 25.8 Å². The summed E-state index contributed by atoms with van der Waals surface area (Å²) in [4.78, 5) is 18.2. The molecule has 4 fully saturated rings. The molecule has 8 nitrogen and oxygen atoms in total. The van der Waals surface area contributed by atoms with Crippen molar-refractivity contribution in [2.24, 2.45) is 11.3 Å². The molecule has 3 saturated heterocycles. The molecule has 1 amide bonds. The first kappa shape index (κ1) is 27.9. The topological polar surface area (TPSA) is 95.1 Å². The molecule has 3 heterocycles. The molecule has 1 aliphatic carbocycles. The van der Waals surface area contributed by atoms with Crippen LogP contribution in [-0.2, 0) is 31.2 Å². The van der Waals surface area contributed by atoms with Crippen LogP contribution in [0, 0.1) is 11.3 Å². The van der Waals surface area contributed by atoms with Crippen molar-refractivity contribution in [1.29, 1.82) is 0 Å². The number of sulfonamides is 1. The molecule has 2 atom stereocenters. The predicted octanol–water partition coefficient (Wildman–Crippen LogP) is 3.11. The maximum atomic E-state index is 13.6. The quantitative estimate of drug-likeness (QED) is 0.473. The van der Waals surface area contributed by atoms with Crippen LogP contribution in [0.2, 0.25) is 0 Å². The van der Waals surface area contributed by atoms with Crippen LogP contribution in [0.25, 0.3) is 0 Å². The molecule has 0 aromatic heterocycles. The normalized spacial score (nSPS) is 26.1. The highest BCUT2D eigenvalue weighted by Crippen LogP contribution is 2.44. The van der Waals surface area contributed by atoms with Gasteiger partial charge in [-0.15, -0.1) is 0 Å². The summed E-state index contributed by atoms with van der Waals surface area (Å²) in [6.45, 7) is 4.89. The highest BCUT2D eigenvalue weighted by molar-refractivity contribution is 7.90. The predicted molar refractivity (Wildman–Crippen MR) is 154 cm³/mol. The van der Waals surface area contributed by atoms with Gasteiger partial charge in [-0.05, 0) is 74.4 Å². The molecule has 10 heteroatoms. The Kier molecular flexibility index (Phi) is 7.34. The van der Waals surface area contributed by atoms with Crippen molar-refractivity contribution in [2.75, 3.05) is 45.5 Å². The molecular formula is C30H39N3O5S2. The third kappa shape index (κ3) is 5.47. The van der Waals surface area contributed by atoms with Crippen LogP contribution in [0.15, 0.2) is 59.5 Å². The highest BCUT2D eigenvalue weighted by Gasteiger charge is 2.49. The summed E-state index contributed by atoms with van der Waals surface area (Å²) in [6.07, 6.45) is 5.26. The van der Waals surface area contributed by atoms with E-state index in [1.165, 1.54) is 11.8 Å². The largest absolute Gasteiger partial charge is 0.338 e. The van der Waals surface area contributed by atoms with E-state index in [9.17, 15) is 21.6 Å². The molecule has 1 spiro atoms. The molecule has 0 radical (unpaired) electrons. The maximum absolute atomic E-state index is 13.6. The highest BCUT2D eigenvalue weighted by atomic mass is 32.2. The van der Waals surface area contributed by atoms with E-state index in [1.54, 1.807) is 28.6 Å². The Labute approximate surface area is 238 Å². The molecule has 1 saturated carbocycles. The zero-order valence-electron chi connectivity index (χ0n) is 23.1. The molecule has 2 aromatic carbocycles. The Balaban J connectivity index is 1.08. The van der Waals surface area contributed by atoms with Gasteiger partial charge in [-0.2, -0.15) is 0 Å². The minimum Gasteiger partial charge on any atom is -0.338 e. The number of nitrogens with zero attached hydrogens (tertiary/aromatic N) is 3. The summed E-state index contributed by atoms with van der Waals surface area (Å²) in [7, 11) is -6.46. The van der Waals surface area contributed by atoms with Gasteiger partial charge in [0.15, 0.2) is 9.84 Å². The van der Waals surface area contributed by atoms with Crippen LogP contribution >= 0.6 is 0 Å². The minimum atomic E-state index is -3.24. The first-order chi connectivity index (χ1) is 19.0. The number of sulfone groups is 1. The van der Waals surface area contributed by atoms with Gasteiger partial charge >= 0.3 is 0 Å². The average molecular weight is 586 g/mol. The summed E-state index contributed by atoms with van der Waals surface area (Å²) in [5, 5.41) is -0.188. The molecule has 216 valence electrons. The van der Waals surface area contributed by atoms with Crippen LogP contribution in [0.1, 0.15) is 49.1 Å². The number of amides is 1. The van der Waals surface area contributed by atoms with Gasteiger partial charge in [-0.3, -0.25) is 4.79 Å². The summed E-state index contributed by atoms with van der Waals surface area (Å²) < 4.78 is 51.4. The average Bonchev–Trinajstić information content (AvgIpc) is 3.66. The van der Waals surface area contributed by atoms with Gasteiger partial charge in [0.2, 0.25) is 15.9 Å². The number of rotatable bonds is 8. The SMILES string of the molecule is CS(=O)(=O)c1ccc(CN2CCC3(CCN(CC4CN(S(=O)(=O)C5CC5)CC4c4ccccc4)CC3)C2=O)cc1. The molecule has 2 aromatic rings. The second-order valence-electron chi connectivity index (χ2n) is 12.3. The van der Waals surface area contributed by atoms with Crippen LogP contribution in [0.5, 0.6) is 0 Å². The third-order valence-electron chi connectivity index (χ3n) is 9.57. The lowest BCUT2D eigenvalue weighted by atomic mass is 9.76. The van der Waals surface area contributed by atoms with Gasteiger partial charge < -0.3 is 9.80 Å². The van der Waals surface area contributed by atoms with Gasteiger partial charge in [0.25, 0.3) is 0 Å². The molecule has 40 heavy (non-hydrogen) atoms. The fraction of sp³-hybridized carbons (Fsp3) is 0.567. The summed E-state index contributed by atoms with van der Waals surface area (Å²) in [5.74, 6) is 0.628. The van der Waals surface area contributed by atoms with Gasteiger partial charge in [0.05, 0.1) is 15.6 Å². The maximum Gasteiger partial charge on any atom is 0.229 e. The number of carbonyl (C=O) groups is 1. The molecule has 0 N–H and O–H groups in total. The second kappa shape index (κ2) is 10.5. The number of carbonyl (C=O) groups excluding carboxylic acids is 1. The minimum absolute atomic E-state index is 0.184. The molecule has 0 bridgehead atoms. The van der Waals surface area contributed by atoms with Crippen molar-refractivity contribution in [1.82, 2.24) is 14.1 Å². The monoisotopic (exact) mass is 585 g/mol. The van der Waals surface area contributed by atoms with E-state index in [-0.39, 0.29) is 33.3 Å². The first-order valence-electron chi connectivity index (χ1n) is 14.4. The number of piperidine rings is 1. The Morgan fingerprint density at radius 2 is 1.50 bits per heavy atom. The Hall–Kier alpha value is -2.27. The molecule has 2 unspecified atom stereocenters. The Bertz CT molecular complexity index is 1450. The number of hydrogen-bond acceptors (Lipinski definition) is 6. The van der Waals surface area contributed by atoms with E-state index in [2.05, 4.69) is 17.0 Å². The molecule has 6 rings (SSSR count). The Morgan fingerprint density at radius 3 is 2.12 bits per heavy atom. The summed E-state index contributed by atoms with van der Waals surface area (Å²) in [5.41, 5.74) is 1.83. The lowest BCUT2D eigenvalue weighted by Gasteiger charge is -2.39. The van der Waals surface area contributed by atoms with Crippen molar-refractivity contribution in [3.05, 3.63) is 65.7 Å².